The van der Waals surface area contributed by atoms with Crippen LogP contribution in [-0.4, -0.2) is 19.5 Å². The molecule has 1 aliphatic heterocycles. The van der Waals surface area contributed by atoms with Crippen molar-refractivity contribution in [3.05, 3.63) is 35.4 Å². The van der Waals surface area contributed by atoms with Crippen LogP contribution >= 0.6 is 0 Å². The molecule has 1 atom stereocenters. The molecule has 1 aromatic carbocycles. The van der Waals surface area contributed by atoms with Gasteiger partial charge < -0.3 is 5.32 Å². The first kappa shape index (κ1) is 10.6. The molecule has 82 valence electrons. The molecule has 1 nitrogen and oxygen atoms in total. The number of rotatable bonds is 3. The molecule has 1 fully saturated rings. The largest absolute Gasteiger partial charge is 0.316 e. The lowest BCUT2D eigenvalue weighted by molar-refractivity contribution is 0.149. The molecule has 3 heteroatoms. The molecule has 0 amide bonds. The smallest absolute Gasteiger partial charge is 0.242 e. The molecule has 1 aliphatic rings. The Kier molecular flexibility index (Phi) is 3.31. The standard InChI is InChI=1S/C12H15F2N/c13-12(14)7-9-1-3-10(4-2-9)11-5-6-15-8-11/h1-4,11-12,15H,5-8H2. The number of hydrogen-bond acceptors (Lipinski definition) is 1. The van der Waals surface area contributed by atoms with Crippen molar-refractivity contribution in [1.82, 2.24) is 5.32 Å². The highest BCUT2D eigenvalue weighted by Gasteiger charge is 2.16. The molecule has 0 radical (unpaired) electrons. The quantitative estimate of drug-likeness (QED) is 0.810. The van der Waals surface area contributed by atoms with Gasteiger partial charge >= 0.3 is 0 Å². The van der Waals surface area contributed by atoms with Crippen LogP contribution in [0.4, 0.5) is 8.78 Å². The Morgan fingerprint density at radius 2 is 2.00 bits per heavy atom. The van der Waals surface area contributed by atoms with Crippen LogP contribution in [0.2, 0.25) is 0 Å². The fourth-order valence-corrected chi connectivity index (χ4v) is 2.04. The topological polar surface area (TPSA) is 12.0 Å². The molecule has 0 saturated carbocycles. The molecule has 15 heavy (non-hydrogen) atoms. The Morgan fingerprint density at radius 3 is 2.53 bits per heavy atom. The number of benzene rings is 1. The van der Waals surface area contributed by atoms with Gasteiger partial charge in [-0.3, -0.25) is 0 Å². The molecule has 1 unspecified atom stereocenters. The summed E-state index contributed by atoms with van der Waals surface area (Å²) >= 11 is 0. The van der Waals surface area contributed by atoms with Crippen LogP contribution in [0, 0.1) is 0 Å². The van der Waals surface area contributed by atoms with Gasteiger partial charge in [0.25, 0.3) is 0 Å². The van der Waals surface area contributed by atoms with Crippen LogP contribution < -0.4 is 5.32 Å². The Labute approximate surface area is 88.5 Å². The van der Waals surface area contributed by atoms with Crippen molar-refractivity contribution in [2.75, 3.05) is 13.1 Å². The monoisotopic (exact) mass is 211 g/mol. The third-order valence-corrected chi connectivity index (χ3v) is 2.90. The first-order chi connectivity index (χ1) is 7.25. The Morgan fingerprint density at radius 1 is 1.27 bits per heavy atom. The fourth-order valence-electron chi connectivity index (χ4n) is 2.04. The van der Waals surface area contributed by atoms with E-state index < -0.39 is 6.43 Å². The van der Waals surface area contributed by atoms with Gasteiger partial charge in [-0.15, -0.1) is 0 Å². The van der Waals surface area contributed by atoms with E-state index in [4.69, 9.17) is 0 Å². The van der Waals surface area contributed by atoms with E-state index in [1.165, 1.54) is 5.56 Å². The Balaban J connectivity index is 2.03. The lowest BCUT2D eigenvalue weighted by Gasteiger charge is -2.09. The molecule has 1 N–H and O–H groups in total. The molecular formula is C12H15F2N. The predicted octanol–water partition coefficient (Wildman–Crippen LogP) is 2.57. The summed E-state index contributed by atoms with van der Waals surface area (Å²) in [5.74, 6) is 0.561. The summed E-state index contributed by atoms with van der Waals surface area (Å²) in [6.45, 7) is 2.07. The van der Waals surface area contributed by atoms with E-state index in [1.807, 2.05) is 24.3 Å². The molecule has 0 spiro atoms. The minimum atomic E-state index is -2.25. The highest BCUT2D eigenvalue weighted by atomic mass is 19.3. The Hall–Kier alpha value is -0.960. The molecule has 0 aromatic heterocycles. The minimum absolute atomic E-state index is 0.136. The predicted molar refractivity (Wildman–Crippen MR) is 56.4 cm³/mol. The fraction of sp³-hybridized carbons (Fsp3) is 0.500. The molecular weight excluding hydrogens is 196 g/mol. The van der Waals surface area contributed by atoms with Crippen molar-refractivity contribution in [2.24, 2.45) is 0 Å². The highest BCUT2D eigenvalue weighted by Crippen LogP contribution is 2.22. The zero-order valence-electron chi connectivity index (χ0n) is 8.55. The van der Waals surface area contributed by atoms with E-state index in [-0.39, 0.29) is 6.42 Å². The second-order valence-electron chi connectivity index (χ2n) is 4.03. The van der Waals surface area contributed by atoms with Gasteiger partial charge in [-0.25, -0.2) is 8.78 Å². The average Bonchev–Trinajstić information content (AvgIpc) is 2.71. The summed E-state index contributed by atoms with van der Waals surface area (Å²) in [5, 5.41) is 3.30. The van der Waals surface area contributed by atoms with E-state index in [1.54, 1.807) is 0 Å². The first-order valence-electron chi connectivity index (χ1n) is 5.33. The number of nitrogens with one attached hydrogen (secondary N) is 1. The van der Waals surface area contributed by atoms with Gasteiger partial charge in [0.15, 0.2) is 0 Å². The first-order valence-corrected chi connectivity index (χ1v) is 5.33. The maximum absolute atomic E-state index is 12.1. The van der Waals surface area contributed by atoms with Gasteiger partial charge in [-0.2, -0.15) is 0 Å². The summed E-state index contributed by atoms with van der Waals surface area (Å²) in [6.07, 6.45) is -1.23. The van der Waals surface area contributed by atoms with Crippen LogP contribution in [0.1, 0.15) is 23.5 Å². The maximum Gasteiger partial charge on any atom is 0.242 e. The van der Waals surface area contributed by atoms with Gasteiger partial charge in [-0.05, 0) is 30.0 Å². The van der Waals surface area contributed by atoms with Gasteiger partial charge in [0.1, 0.15) is 0 Å². The molecule has 0 bridgehead atoms. The normalized spacial score (nSPS) is 21.1. The van der Waals surface area contributed by atoms with Crippen LogP contribution in [0.15, 0.2) is 24.3 Å². The Bertz CT molecular complexity index is 302. The van der Waals surface area contributed by atoms with Crippen LogP contribution in [0.25, 0.3) is 0 Å². The molecule has 1 aromatic rings. The van der Waals surface area contributed by atoms with Gasteiger partial charge in [-0.1, -0.05) is 24.3 Å². The van der Waals surface area contributed by atoms with E-state index in [9.17, 15) is 8.78 Å². The van der Waals surface area contributed by atoms with Crippen LogP contribution in [0.5, 0.6) is 0 Å². The lowest BCUT2D eigenvalue weighted by Crippen LogP contribution is -2.08. The molecule has 1 saturated heterocycles. The van der Waals surface area contributed by atoms with Gasteiger partial charge in [0.05, 0.1) is 0 Å². The second kappa shape index (κ2) is 4.71. The summed E-state index contributed by atoms with van der Waals surface area (Å²) in [5.41, 5.74) is 1.98. The third-order valence-electron chi connectivity index (χ3n) is 2.90. The minimum Gasteiger partial charge on any atom is -0.316 e. The van der Waals surface area contributed by atoms with Gasteiger partial charge in [0.2, 0.25) is 6.43 Å². The summed E-state index contributed by atoms with van der Waals surface area (Å²) < 4.78 is 24.2. The number of halogens is 2. The van der Waals surface area contributed by atoms with Crippen molar-refractivity contribution >= 4 is 0 Å². The highest BCUT2D eigenvalue weighted by molar-refractivity contribution is 5.26. The van der Waals surface area contributed by atoms with Crippen LogP contribution in [-0.2, 0) is 6.42 Å². The molecule has 0 aliphatic carbocycles. The molecule has 2 rings (SSSR count). The number of alkyl halides is 2. The van der Waals surface area contributed by atoms with Gasteiger partial charge in [0, 0.05) is 13.0 Å². The summed E-state index contributed by atoms with van der Waals surface area (Å²) in [7, 11) is 0. The van der Waals surface area contributed by atoms with Crippen molar-refractivity contribution in [3.63, 3.8) is 0 Å². The van der Waals surface area contributed by atoms with Crippen molar-refractivity contribution in [1.29, 1.82) is 0 Å². The van der Waals surface area contributed by atoms with E-state index in [0.29, 0.717) is 5.92 Å². The van der Waals surface area contributed by atoms with E-state index >= 15 is 0 Å². The lowest BCUT2D eigenvalue weighted by atomic mass is 9.97. The van der Waals surface area contributed by atoms with Crippen LogP contribution in [0.3, 0.4) is 0 Å². The summed E-state index contributed by atoms with van der Waals surface area (Å²) in [6, 6.07) is 7.60. The summed E-state index contributed by atoms with van der Waals surface area (Å²) in [4.78, 5) is 0. The van der Waals surface area contributed by atoms with E-state index in [2.05, 4.69) is 5.32 Å². The zero-order valence-corrected chi connectivity index (χ0v) is 8.55. The third kappa shape index (κ3) is 2.75. The second-order valence-corrected chi connectivity index (χ2v) is 4.03. The average molecular weight is 211 g/mol. The zero-order chi connectivity index (χ0) is 10.7. The number of hydrogen-bond donors (Lipinski definition) is 1. The van der Waals surface area contributed by atoms with Crippen molar-refractivity contribution < 1.29 is 8.78 Å². The van der Waals surface area contributed by atoms with E-state index in [0.717, 1.165) is 25.1 Å². The maximum atomic E-state index is 12.1. The van der Waals surface area contributed by atoms with Crippen molar-refractivity contribution in [3.8, 4) is 0 Å². The van der Waals surface area contributed by atoms with Crippen molar-refractivity contribution in [2.45, 2.75) is 25.2 Å². The SMILES string of the molecule is FC(F)Cc1ccc(C2CCNC2)cc1. The molecule has 1 heterocycles.